The zero-order chi connectivity index (χ0) is 17.5. The first-order valence-corrected chi connectivity index (χ1v) is 9.27. The van der Waals surface area contributed by atoms with Crippen molar-refractivity contribution < 1.29 is 4.21 Å². The van der Waals surface area contributed by atoms with E-state index in [4.69, 9.17) is 11.6 Å². The highest BCUT2D eigenvalue weighted by atomic mass is 35.5. The average Bonchev–Trinajstić information content (AvgIpc) is 2.58. The molecule has 3 rings (SSSR count). The third-order valence-electron chi connectivity index (χ3n) is 3.60. The van der Waals surface area contributed by atoms with Gasteiger partial charge in [0.2, 0.25) is 0 Å². The van der Waals surface area contributed by atoms with Gasteiger partial charge in [0.25, 0.3) is 0 Å². The van der Waals surface area contributed by atoms with E-state index < -0.39 is 10.8 Å². The molecule has 0 aliphatic heterocycles. The highest BCUT2D eigenvalue weighted by Gasteiger charge is 2.10. The summed E-state index contributed by atoms with van der Waals surface area (Å²) in [6, 6.07) is 23.4. The van der Waals surface area contributed by atoms with Gasteiger partial charge < -0.3 is 0 Å². The molecule has 0 aliphatic carbocycles. The molecule has 0 radical (unpaired) electrons. The summed E-state index contributed by atoms with van der Waals surface area (Å²) >= 11 is 5.61. The number of halogens is 1. The molecule has 0 spiro atoms. The van der Waals surface area contributed by atoms with Crippen LogP contribution in [0.1, 0.15) is 16.7 Å². The van der Waals surface area contributed by atoms with Crippen LogP contribution in [0.5, 0.6) is 0 Å². The summed E-state index contributed by atoms with van der Waals surface area (Å²) in [5.74, 6) is 0. The lowest BCUT2D eigenvalue weighted by atomic mass is 10.2. The lowest BCUT2D eigenvalue weighted by Crippen LogP contribution is -1.97. The number of aryl methyl sites for hydroxylation is 3. The number of hydrogen-bond acceptors (Lipinski definition) is 1. The molecule has 0 saturated carbocycles. The van der Waals surface area contributed by atoms with E-state index in [1.807, 2.05) is 93.6 Å². The minimum Gasteiger partial charge on any atom is -0.249 e. The van der Waals surface area contributed by atoms with Crippen molar-refractivity contribution in [2.75, 3.05) is 0 Å². The molecule has 0 saturated heterocycles. The molecular weight excluding hydrogens is 336 g/mol. The van der Waals surface area contributed by atoms with E-state index in [1.54, 1.807) is 0 Å². The largest absolute Gasteiger partial charge is 0.249 e. The molecule has 0 amide bonds. The zero-order valence-corrected chi connectivity index (χ0v) is 15.7. The standard InChI is InChI=1S/C14H14OS.C7H7Cl/c1-11-7-3-5-9-13(11)16(15)14-10-6-4-8-12(14)2;1-6-2-4-7(8)5-3-6/h3-10H,1-2H3;2-5H,1H3. The van der Waals surface area contributed by atoms with Crippen molar-refractivity contribution in [2.45, 2.75) is 30.6 Å². The van der Waals surface area contributed by atoms with E-state index in [2.05, 4.69) is 0 Å². The summed E-state index contributed by atoms with van der Waals surface area (Å²) in [7, 11) is -1.07. The molecule has 0 fully saturated rings. The second kappa shape index (κ2) is 8.81. The molecule has 0 atom stereocenters. The Bertz CT molecular complexity index is 757. The second-order valence-corrected chi connectivity index (χ2v) is 7.45. The Kier molecular flexibility index (Phi) is 6.77. The van der Waals surface area contributed by atoms with Crippen molar-refractivity contribution in [1.29, 1.82) is 0 Å². The first-order chi connectivity index (χ1) is 11.5. The van der Waals surface area contributed by atoms with E-state index in [9.17, 15) is 4.21 Å². The summed E-state index contributed by atoms with van der Waals surface area (Å²) in [5.41, 5.74) is 3.39. The lowest BCUT2D eigenvalue weighted by Gasteiger charge is -2.07. The van der Waals surface area contributed by atoms with E-state index in [1.165, 1.54) is 5.56 Å². The fourth-order valence-electron chi connectivity index (χ4n) is 2.18. The Morgan fingerprint density at radius 3 is 1.46 bits per heavy atom. The maximum absolute atomic E-state index is 12.4. The summed E-state index contributed by atoms with van der Waals surface area (Å²) < 4.78 is 12.4. The minimum atomic E-state index is -1.07. The van der Waals surface area contributed by atoms with Gasteiger partial charge in [-0.25, -0.2) is 4.21 Å². The maximum Gasteiger partial charge on any atom is 0.0854 e. The average molecular weight is 357 g/mol. The zero-order valence-electron chi connectivity index (χ0n) is 14.1. The van der Waals surface area contributed by atoms with Gasteiger partial charge in [-0.05, 0) is 56.2 Å². The highest BCUT2D eigenvalue weighted by Crippen LogP contribution is 2.21. The van der Waals surface area contributed by atoms with E-state index in [0.29, 0.717) is 0 Å². The first kappa shape index (κ1) is 18.4. The van der Waals surface area contributed by atoms with Crippen molar-refractivity contribution in [3.05, 3.63) is 94.5 Å². The van der Waals surface area contributed by atoms with Crippen LogP contribution in [-0.4, -0.2) is 4.21 Å². The molecule has 24 heavy (non-hydrogen) atoms. The van der Waals surface area contributed by atoms with Crippen LogP contribution in [0.15, 0.2) is 82.6 Å². The molecule has 124 valence electrons. The van der Waals surface area contributed by atoms with Gasteiger partial charge in [0, 0.05) is 14.8 Å². The summed E-state index contributed by atoms with van der Waals surface area (Å²) in [5, 5.41) is 0.801. The number of benzene rings is 3. The quantitative estimate of drug-likeness (QED) is 0.540. The molecule has 0 heterocycles. The predicted molar refractivity (Wildman–Crippen MR) is 103 cm³/mol. The van der Waals surface area contributed by atoms with E-state index >= 15 is 0 Å². The molecule has 0 unspecified atom stereocenters. The normalized spacial score (nSPS) is 10.2. The number of hydrogen-bond donors (Lipinski definition) is 0. The Balaban J connectivity index is 0.000000219. The third kappa shape index (κ3) is 5.05. The van der Waals surface area contributed by atoms with Crippen LogP contribution in [0, 0.1) is 20.8 Å². The minimum absolute atomic E-state index is 0.801. The smallest absolute Gasteiger partial charge is 0.0854 e. The molecule has 1 nitrogen and oxygen atoms in total. The van der Waals surface area contributed by atoms with E-state index in [0.717, 1.165) is 25.9 Å². The number of rotatable bonds is 2. The van der Waals surface area contributed by atoms with Crippen LogP contribution >= 0.6 is 11.6 Å². The van der Waals surface area contributed by atoms with E-state index in [-0.39, 0.29) is 0 Å². The molecule has 0 aromatic heterocycles. The van der Waals surface area contributed by atoms with Gasteiger partial charge in [-0.2, -0.15) is 0 Å². The van der Waals surface area contributed by atoms with Crippen LogP contribution in [0.2, 0.25) is 5.02 Å². The van der Waals surface area contributed by atoms with Crippen LogP contribution in [-0.2, 0) is 10.8 Å². The maximum atomic E-state index is 12.4. The molecule has 0 bridgehead atoms. The molecule has 3 aromatic rings. The molecule has 0 N–H and O–H groups in total. The Morgan fingerprint density at radius 1 is 0.667 bits per heavy atom. The Hall–Kier alpha value is -1.90. The molecular formula is C21H21ClOS. The molecule has 3 heteroatoms. The van der Waals surface area contributed by atoms with Gasteiger partial charge in [0.15, 0.2) is 0 Å². The van der Waals surface area contributed by atoms with Crippen molar-refractivity contribution in [1.82, 2.24) is 0 Å². The van der Waals surface area contributed by atoms with Gasteiger partial charge in [-0.15, -0.1) is 0 Å². The fraction of sp³-hybridized carbons (Fsp3) is 0.143. The van der Waals surface area contributed by atoms with Gasteiger partial charge in [-0.1, -0.05) is 65.7 Å². The Labute approximate surface area is 151 Å². The van der Waals surface area contributed by atoms with Crippen molar-refractivity contribution >= 4 is 22.4 Å². The van der Waals surface area contributed by atoms with Crippen molar-refractivity contribution in [3.8, 4) is 0 Å². The van der Waals surface area contributed by atoms with Gasteiger partial charge in [-0.3, -0.25) is 0 Å². The van der Waals surface area contributed by atoms with Crippen LogP contribution in [0.4, 0.5) is 0 Å². The monoisotopic (exact) mass is 356 g/mol. The molecule has 3 aromatic carbocycles. The van der Waals surface area contributed by atoms with Crippen molar-refractivity contribution in [3.63, 3.8) is 0 Å². The molecule has 0 aliphatic rings. The summed E-state index contributed by atoms with van der Waals surface area (Å²) in [4.78, 5) is 1.80. The van der Waals surface area contributed by atoms with Gasteiger partial charge in [0.1, 0.15) is 0 Å². The van der Waals surface area contributed by atoms with Crippen LogP contribution in [0.25, 0.3) is 0 Å². The van der Waals surface area contributed by atoms with Crippen LogP contribution < -0.4 is 0 Å². The second-order valence-electron chi connectivity index (χ2n) is 5.60. The summed E-state index contributed by atoms with van der Waals surface area (Å²) in [6.07, 6.45) is 0. The Morgan fingerprint density at radius 2 is 1.08 bits per heavy atom. The van der Waals surface area contributed by atoms with Crippen LogP contribution in [0.3, 0.4) is 0 Å². The topological polar surface area (TPSA) is 17.1 Å². The highest BCUT2D eigenvalue weighted by molar-refractivity contribution is 7.85. The van der Waals surface area contributed by atoms with Gasteiger partial charge >= 0.3 is 0 Å². The fourth-order valence-corrected chi connectivity index (χ4v) is 3.67. The lowest BCUT2D eigenvalue weighted by molar-refractivity contribution is 0.682. The SMILES string of the molecule is Cc1ccc(Cl)cc1.Cc1ccccc1S(=O)c1ccccc1C. The summed E-state index contributed by atoms with van der Waals surface area (Å²) in [6.45, 7) is 6.02. The van der Waals surface area contributed by atoms with Crippen molar-refractivity contribution in [2.24, 2.45) is 0 Å². The predicted octanol–water partition coefficient (Wildman–Crippen LogP) is 6.12. The third-order valence-corrected chi connectivity index (χ3v) is 5.56. The van der Waals surface area contributed by atoms with Gasteiger partial charge in [0.05, 0.1) is 10.8 Å². The first-order valence-electron chi connectivity index (χ1n) is 7.74.